The van der Waals surface area contributed by atoms with Crippen LogP contribution in [0.4, 0.5) is 0 Å². The van der Waals surface area contributed by atoms with E-state index in [4.69, 9.17) is 5.11 Å². The number of aliphatic hydroxyl groups is 1. The molecule has 1 rings (SSSR count). The molecular formula is C12H23NO2. The molecule has 88 valence electrons. The van der Waals surface area contributed by atoms with Gasteiger partial charge in [0, 0.05) is 12.0 Å². The molecule has 0 radical (unpaired) electrons. The lowest BCUT2D eigenvalue weighted by atomic mass is 9.68. The highest BCUT2D eigenvalue weighted by Crippen LogP contribution is 2.40. The molecule has 0 heterocycles. The van der Waals surface area contributed by atoms with Crippen molar-refractivity contribution in [2.45, 2.75) is 52.5 Å². The molecule has 2 atom stereocenters. The summed E-state index contributed by atoms with van der Waals surface area (Å²) in [5.74, 6) is 0.224. The van der Waals surface area contributed by atoms with Crippen molar-refractivity contribution in [1.82, 2.24) is 5.32 Å². The topological polar surface area (TPSA) is 49.3 Å². The first-order chi connectivity index (χ1) is 6.97. The number of nitrogens with one attached hydrogen (secondary N) is 1. The molecule has 1 saturated carbocycles. The van der Waals surface area contributed by atoms with Crippen LogP contribution in [0.2, 0.25) is 0 Å². The highest BCUT2D eigenvalue weighted by Gasteiger charge is 2.37. The maximum Gasteiger partial charge on any atom is 0.223 e. The van der Waals surface area contributed by atoms with Gasteiger partial charge >= 0.3 is 0 Å². The number of aliphatic hydroxyl groups excluding tert-OH is 1. The molecule has 3 nitrogen and oxygen atoms in total. The minimum Gasteiger partial charge on any atom is -0.394 e. The van der Waals surface area contributed by atoms with Gasteiger partial charge in [-0.2, -0.15) is 0 Å². The highest BCUT2D eigenvalue weighted by molar-refractivity contribution is 5.79. The van der Waals surface area contributed by atoms with Gasteiger partial charge in [-0.1, -0.05) is 26.7 Å². The molecule has 2 unspecified atom stereocenters. The van der Waals surface area contributed by atoms with Gasteiger partial charge in [-0.15, -0.1) is 0 Å². The Bertz CT molecular complexity index is 226. The molecule has 0 aliphatic heterocycles. The monoisotopic (exact) mass is 213 g/mol. The number of hydrogen-bond donors (Lipinski definition) is 2. The molecular weight excluding hydrogens is 190 g/mol. The van der Waals surface area contributed by atoms with E-state index in [0.717, 1.165) is 19.3 Å². The van der Waals surface area contributed by atoms with Gasteiger partial charge in [0.05, 0.1) is 6.61 Å². The van der Waals surface area contributed by atoms with Gasteiger partial charge in [0.25, 0.3) is 0 Å². The van der Waals surface area contributed by atoms with Crippen LogP contribution in [0.3, 0.4) is 0 Å². The molecule has 1 aliphatic carbocycles. The van der Waals surface area contributed by atoms with Gasteiger partial charge in [0.1, 0.15) is 0 Å². The van der Waals surface area contributed by atoms with Gasteiger partial charge in [0.2, 0.25) is 5.91 Å². The summed E-state index contributed by atoms with van der Waals surface area (Å²) in [6, 6.07) is -0.129. The van der Waals surface area contributed by atoms with Crippen molar-refractivity contribution in [3.63, 3.8) is 0 Å². The van der Waals surface area contributed by atoms with E-state index in [9.17, 15) is 4.79 Å². The Labute approximate surface area is 92.3 Å². The Morgan fingerprint density at radius 1 is 1.53 bits per heavy atom. The van der Waals surface area contributed by atoms with Crippen LogP contribution in [-0.4, -0.2) is 23.7 Å². The average Bonchev–Trinajstić information content (AvgIpc) is 2.16. The molecule has 2 N–H and O–H groups in total. The molecule has 0 bridgehead atoms. The zero-order valence-electron chi connectivity index (χ0n) is 10.0. The van der Waals surface area contributed by atoms with Crippen molar-refractivity contribution in [1.29, 1.82) is 0 Å². The normalized spacial score (nSPS) is 27.1. The summed E-state index contributed by atoms with van der Waals surface area (Å²) in [5.41, 5.74) is 0.109. The summed E-state index contributed by atoms with van der Waals surface area (Å²) in [4.78, 5) is 12.0. The zero-order valence-corrected chi connectivity index (χ0v) is 10.0. The maximum atomic E-state index is 12.0. The fraction of sp³-hybridized carbons (Fsp3) is 0.917. The Balaban J connectivity index is 2.57. The van der Waals surface area contributed by atoms with E-state index in [2.05, 4.69) is 19.2 Å². The van der Waals surface area contributed by atoms with Crippen LogP contribution in [0.15, 0.2) is 0 Å². The molecule has 0 aromatic rings. The van der Waals surface area contributed by atoms with Crippen LogP contribution in [0.1, 0.15) is 46.5 Å². The minimum atomic E-state index is -0.129. The number of hydrogen-bond acceptors (Lipinski definition) is 2. The Kier molecular flexibility index (Phi) is 4.14. The summed E-state index contributed by atoms with van der Waals surface area (Å²) in [7, 11) is 0. The molecule has 3 heteroatoms. The molecule has 0 aromatic carbocycles. The third-order valence-electron chi connectivity index (χ3n) is 3.49. The molecule has 1 aliphatic rings. The van der Waals surface area contributed by atoms with Crippen molar-refractivity contribution >= 4 is 5.91 Å². The van der Waals surface area contributed by atoms with E-state index in [1.54, 1.807) is 0 Å². The summed E-state index contributed by atoms with van der Waals surface area (Å²) in [6.07, 6.45) is 4.48. The number of carbonyl (C=O) groups excluding carboxylic acids is 1. The second-order valence-corrected chi connectivity index (χ2v) is 5.38. The maximum absolute atomic E-state index is 12.0. The first-order valence-corrected chi connectivity index (χ1v) is 5.88. The van der Waals surface area contributed by atoms with Crippen LogP contribution in [0.5, 0.6) is 0 Å². The van der Waals surface area contributed by atoms with Crippen molar-refractivity contribution in [2.24, 2.45) is 11.3 Å². The fourth-order valence-corrected chi connectivity index (χ4v) is 2.37. The van der Waals surface area contributed by atoms with E-state index in [0.29, 0.717) is 0 Å². The molecule has 1 amide bonds. The van der Waals surface area contributed by atoms with E-state index < -0.39 is 0 Å². The van der Waals surface area contributed by atoms with Gasteiger partial charge in [0.15, 0.2) is 0 Å². The second kappa shape index (κ2) is 4.97. The average molecular weight is 213 g/mol. The van der Waals surface area contributed by atoms with Crippen LogP contribution >= 0.6 is 0 Å². The first kappa shape index (κ1) is 12.5. The van der Waals surface area contributed by atoms with E-state index in [-0.39, 0.29) is 29.9 Å². The number of carbonyl (C=O) groups is 1. The Morgan fingerprint density at radius 2 is 2.20 bits per heavy atom. The Hall–Kier alpha value is -0.570. The zero-order chi connectivity index (χ0) is 11.5. The van der Waals surface area contributed by atoms with Gasteiger partial charge < -0.3 is 10.4 Å². The summed E-state index contributed by atoms with van der Waals surface area (Å²) in [6.45, 7) is 6.17. The van der Waals surface area contributed by atoms with Crippen molar-refractivity contribution in [3.05, 3.63) is 0 Å². The molecule has 1 fully saturated rings. The van der Waals surface area contributed by atoms with Crippen LogP contribution in [0, 0.1) is 11.3 Å². The minimum absolute atomic E-state index is 0.0128. The van der Waals surface area contributed by atoms with E-state index in [1.807, 2.05) is 6.92 Å². The summed E-state index contributed by atoms with van der Waals surface area (Å²) >= 11 is 0. The van der Waals surface area contributed by atoms with Gasteiger partial charge in [-0.25, -0.2) is 0 Å². The standard InChI is InChI=1S/C12H23NO2/c1-9(8-14)13-11(15)10-6-4-5-7-12(10,2)3/h9-10,14H,4-8H2,1-3H3,(H,13,15). The van der Waals surface area contributed by atoms with E-state index >= 15 is 0 Å². The predicted molar refractivity (Wildman–Crippen MR) is 60.4 cm³/mol. The van der Waals surface area contributed by atoms with Crippen molar-refractivity contribution < 1.29 is 9.90 Å². The summed E-state index contributed by atoms with van der Waals surface area (Å²) in [5, 5.41) is 11.8. The summed E-state index contributed by atoms with van der Waals surface area (Å²) < 4.78 is 0. The van der Waals surface area contributed by atoms with Crippen LogP contribution in [0.25, 0.3) is 0 Å². The Morgan fingerprint density at radius 3 is 2.73 bits per heavy atom. The lowest BCUT2D eigenvalue weighted by Crippen LogP contribution is -2.45. The quantitative estimate of drug-likeness (QED) is 0.749. The number of amides is 1. The second-order valence-electron chi connectivity index (χ2n) is 5.38. The molecule has 0 aromatic heterocycles. The van der Waals surface area contributed by atoms with E-state index in [1.165, 1.54) is 6.42 Å². The van der Waals surface area contributed by atoms with Crippen LogP contribution in [-0.2, 0) is 4.79 Å². The van der Waals surface area contributed by atoms with Gasteiger partial charge in [-0.3, -0.25) is 4.79 Å². The third kappa shape index (κ3) is 3.20. The highest BCUT2D eigenvalue weighted by atomic mass is 16.3. The van der Waals surface area contributed by atoms with Gasteiger partial charge in [-0.05, 0) is 25.2 Å². The molecule has 15 heavy (non-hydrogen) atoms. The van der Waals surface area contributed by atoms with Crippen LogP contribution < -0.4 is 5.32 Å². The van der Waals surface area contributed by atoms with Crippen molar-refractivity contribution in [3.8, 4) is 0 Å². The predicted octanol–water partition coefficient (Wildman–Crippen LogP) is 1.70. The molecule has 0 saturated heterocycles. The lowest BCUT2D eigenvalue weighted by molar-refractivity contribution is -0.131. The third-order valence-corrected chi connectivity index (χ3v) is 3.49. The lowest BCUT2D eigenvalue weighted by Gasteiger charge is -2.37. The smallest absolute Gasteiger partial charge is 0.223 e. The largest absolute Gasteiger partial charge is 0.394 e. The number of rotatable bonds is 3. The molecule has 0 spiro atoms. The van der Waals surface area contributed by atoms with Crippen molar-refractivity contribution in [2.75, 3.05) is 6.61 Å². The SMILES string of the molecule is CC(CO)NC(=O)C1CCCCC1(C)C. The first-order valence-electron chi connectivity index (χ1n) is 5.88. The fourth-order valence-electron chi connectivity index (χ4n) is 2.37.